The topological polar surface area (TPSA) is 55.5 Å². The molecule has 0 radical (unpaired) electrons. The summed E-state index contributed by atoms with van der Waals surface area (Å²) >= 11 is 1.38. The van der Waals surface area contributed by atoms with Gasteiger partial charge in [0.05, 0.1) is 11.0 Å². The molecule has 24 heavy (non-hydrogen) atoms. The van der Waals surface area contributed by atoms with Crippen molar-refractivity contribution in [2.24, 2.45) is 11.7 Å². The van der Waals surface area contributed by atoms with Crippen molar-refractivity contribution in [1.82, 2.24) is 0 Å². The number of hydrogen-bond acceptors (Lipinski definition) is 4. The summed E-state index contributed by atoms with van der Waals surface area (Å²) < 4.78 is 42.7. The van der Waals surface area contributed by atoms with Crippen molar-refractivity contribution in [3.05, 3.63) is 23.8 Å². The van der Waals surface area contributed by atoms with Crippen LogP contribution in [0.15, 0.2) is 23.1 Å². The van der Waals surface area contributed by atoms with Crippen molar-refractivity contribution in [2.75, 3.05) is 12.3 Å². The highest BCUT2D eigenvalue weighted by Crippen LogP contribution is 2.41. The molecule has 0 amide bonds. The molecule has 7 heteroatoms. The third-order valence-corrected chi connectivity index (χ3v) is 5.50. The van der Waals surface area contributed by atoms with Crippen LogP contribution in [0, 0.1) is 5.92 Å². The van der Waals surface area contributed by atoms with E-state index in [0.29, 0.717) is 10.8 Å². The fraction of sp³-hybridized carbons (Fsp3) is 0.647. The van der Waals surface area contributed by atoms with Crippen molar-refractivity contribution in [3.8, 4) is 5.75 Å². The number of nitrogens with two attached hydrogens (primary N) is 1. The minimum Gasteiger partial charge on any atom is -0.404 e. The van der Waals surface area contributed by atoms with Gasteiger partial charge in [0.15, 0.2) is 0 Å². The Bertz CT molecular complexity index is 519. The molecular weight excluding hydrogens is 339 g/mol. The largest absolute Gasteiger partial charge is 0.573 e. The number of ether oxygens (including phenoxy) is 1. The average molecular weight is 363 g/mol. The van der Waals surface area contributed by atoms with Crippen LogP contribution >= 0.6 is 11.8 Å². The van der Waals surface area contributed by atoms with Gasteiger partial charge in [0, 0.05) is 11.3 Å². The second kappa shape index (κ2) is 8.97. The zero-order chi connectivity index (χ0) is 17.6. The van der Waals surface area contributed by atoms with E-state index in [1.807, 2.05) is 0 Å². The van der Waals surface area contributed by atoms with Gasteiger partial charge in [-0.3, -0.25) is 0 Å². The Labute approximate surface area is 144 Å². The number of para-hydroxylation sites is 1. The highest BCUT2D eigenvalue weighted by molar-refractivity contribution is 7.99. The van der Waals surface area contributed by atoms with Gasteiger partial charge in [-0.2, -0.15) is 0 Å². The summed E-state index contributed by atoms with van der Waals surface area (Å²) in [7, 11) is 0. The third-order valence-electron chi connectivity index (χ3n) is 4.23. The maximum atomic E-state index is 12.8. The van der Waals surface area contributed by atoms with Gasteiger partial charge in [-0.25, -0.2) is 0 Å². The SMILES string of the molecule is NCC[C@H](O)c1cccc(SCC2CCCCC2)c1OC(F)(F)F. The van der Waals surface area contributed by atoms with E-state index in [1.165, 1.54) is 37.1 Å². The Hall–Kier alpha value is -0.920. The fourth-order valence-corrected chi connectivity index (χ4v) is 4.22. The maximum absolute atomic E-state index is 12.8. The molecule has 3 nitrogen and oxygen atoms in total. The molecule has 3 N–H and O–H groups in total. The molecule has 0 spiro atoms. The Balaban J connectivity index is 2.19. The van der Waals surface area contributed by atoms with Crippen LogP contribution in [0.4, 0.5) is 13.2 Å². The van der Waals surface area contributed by atoms with Crippen LogP contribution in [0.2, 0.25) is 0 Å². The normalized spacial score (nSPS) is 17.7. The van der Waals surface area contributed by atoms with Gasteiger partial charge in [-0.05, 0) is 37.8 Å². The van der Waals surface area contributed by atoms with Crippen LogP contribution in [-0.2, 0) is 0 Å². The molecule has 0 heterocycles. The van der Waals surface area contributed by atoms with Gasteiger partial charge in [0.1, 0.15) is 5.75 Å². The summed E-state index contributed by atoms with van der Waals surface area (Å²) in [4.78, 5) is 0.423. The first-order valence-corrected chi connectivity index (χ1v) is 9.29. The lowest BCUT2D eigenvalue weighted by Crippen LogP contribution is -2.20. The van der Waals surface area contributed by atoms with E-state index in [-0.39, 0.29) is 24.3 Å². The molecule has 0 saturated heterocycles. The fourth-order valence-electron chi connectivity index (χ4n) is 3.01. The molecule has 136 valence electrons. The highest BCUT2D eigenvalue weighted by Gasteiger charge is 2.34. The minimum atomic E-state index is -4.79. The summed E-state index contributed by atoms with van der Waals surface area (Å²) in [6, 6.07) is 4.74. The van der Waals surface area contributed by atoms with Gasteiger partial charge >= 0.3 is 6.36 Å². The molecule has 0 aromatic heterocycles. The van der Waals surface area contributed by atoms with Gasteiger partial charge in [0.25, 0.3) is 0 Å². The molecule has 0 unspecified atom stereocenters. The first kappa shape index (κ1) is 19.4. The number of rotatable bonds is 7. The van der Waals surface area contributed by atoms with Crippen molar-refractivity contribution >= 4 is 11.8 Å². The maximum Gasteiger partial charge on any atom is 0.573 e. The van der Waals surface area contributed by atoms with Crippen LogP contribution in [-0.4, -0.2) is 23.8 Å². The van der Waals surface area contributed by atoms with E-state index in [2.05, 4.69) is 4.74 Å². The lowest BCUT2D eigenvalue weighted by Gasteiger charge is -2.23. The molecule has 1 aromatic carbocycles. The predicted octanol–water partition coefficient (Wildman–Crippen LogP) is 4.64. The van der Waals surface area contributed by atoms with E-state index < -0.39 is 12.5 Å². The van der Waals surface area contributed by atoms with Crippen LogP contribution in [0.1, 0.15) is 50.2 Å². The van der Waals surface area contributed by atoms with Gasteiger partial charge in [0.2, 0.25) is 0 Å². The van der Waals surface area contributed by atoms with Crippen molar-refractivity contribution in [3.63, 3.8) is 0 Å². The molecule has 1 aliphatic carbocycles. The molecule has 0 bridgehead atoms. The Morgan fingerprint density at radius 3 is 2.58 bits per heavy atom. The highest BCUT2D eigenvalue weighted by atomic mass is 32.2. The number of aliphatic hydroxyl groups excluding tert-OH is 1. The van der Waals surface area contributed by atoms with E-state index in [4.69, 9.17) is 5.73 Å². The first-order valence-electron chi connectivity index (χ1n) is 8.30. The summed E-state index contributed by atoms with van der Waals surface area (Å²) in [5.41, 5.74) is 5.55. The minimum absolute atomic E-state index is 0.145. The summed E-state index contributed by atoms with van der Waals surface area (Å²) in [6.07, 6.45) is 0.186. The average Bonchev–Trinajstić information content (AvgIpc) is 2.53. The van der Waals surface area contributed by atoms with Crippen molar-refractivity contribution in [1.29, 1.82) is 0 Å². The monoisotopic (exact) mass is 363 g/mol. The van der Waals surface area contributed by atoms with Crippen molar-refractivity contribution in [2.45, 2.75) is 55.9 Å². The van der Waals surface area contributed by atoms with Gasteiger partial charge in [-0.15, -0.1) is 24.9 Å². The van der Waals surface area contributed by atoms with E-state index >= 15 is 0 Å². The zero-order valence-electron chi connectivity index (χ0n) is 13.5. The van der Waals surface area contributed by atoms with Gasteiger partial charge in [-0.1, -0.05) is 31.4 Å². The summed E-state index contributed by atoms with van der Waals surface area (Å²) in [5, 5.41) is 10.1. The van der Waals surface area contributed by atoms with E-state index in [1.54, 1.807) is 12.1 Å². The first-order chi connectivity index (χ1) is 11.4. The van der Waals surface area contributed by atoms with E-state index in [9.17, 15) is 18.3 Å². The van der Waals surface area contributed by atoms with Gasteiger partial charge < -0.3 is 15.6 Å². The van der Waals surface area contributed by atoms with Crippen LogP contribution < -0.4 is 10.5 Å². The third kappa shape index (κ3) is 5.86. The van der Waals surface area contributed by atoms with Crippen molar-refractivity contribution < 1.29 is 23.0 Å². The lowest BCUT2D eigenvalue weighted by atomic mass is 9.91. The smallest absolute Gasteiger partial charge is 0.404 e. The predicted molar refractivity (Wildman–Crippen MR) is 89.1 cm³/mol. The summed E-state index contributed by atoms with van der Waals surface area (Å²) in [5.74, 6) is 1.01. The second-order valence-electron chi connectivity index (χ2n) is 6.13. The number of thioether (sulfide) groups is 1. The standard InChI is InChI=1S/C17H24F3NO2S/c18-17(19,20)23-16-13(14(22)9-10-21)7-4-8-15(16)24-11-12-5-2-1-3-6-12/h4,7-8,12,14,22H,1-3,5-6,9-11,21H2/t14-/m0/s1. The molecule has 0 aliphatic heterocycles. The second-order valence-corrected chi connectivity index (χ2v) is 7.19. The molecule has 1 atom stereocenters. The Morgan fingerprint density at radius 2 is 1.96 bits per heavy atom. The quantitative estimate of drug-likeness (QED) is 0.693. The van der Waals surface area contributed by atoms with Crippen LogP contribution in [0.25, 0.3) is 0 Å². The molecular formula is C17H24F3NO2S. The number of aliphatic hydroxyl groups is 1. The van der Waals surface area contributed by atoms with E-state index in [0.717, 1.165) is 18.6 Å². The number of alkyl halides is 3. The zero-order valence-corrected chi connectivity index (χ0v) is 14.3. The molecule has 1 fully saturated rings. The Morgan fingerprint density at radius 1 is 1.25 bits per heavy atom. The number of halogens is 3. The number of hydrogen-bond donors (Lipinski definition) is 2. The van der Waals surface area contributed by atoms with Crippen LogP contribution in [0.3, 0.4) is 0 Å². The summed E-state index contributed by atoms with van der Waals surface area (Å²) in [6.45, 7) is 0.187. The molecule has 1 saturated carbocycles. The molecule has 1 aromatic rings. The molecule has 1 aliphatic rings. The lowest BCUT2D eigenvalue weighted by molar-refractivity contribution is -0.276. The Kier molecular flexibility index (Phi) is 7.25. The van der Waals surface area contributed by atoms with Crippen LogP contribution in [0.5, 0.6) is 5.75 Å². The molecule has 2 rings (SSSR count). The number of benzene rings is 1.